The van der Waals surface area contributed by atoms with Crippen molar-refractivity contribution in [2.45, 2.75) is 0 Å². The number of hydrogen-bond donors (Lipinski definition) is 2. The molecule has 0 saturated carbocycles. The Morgan fingerprint density at radius 1 is 1.08 bits per heavy atom. The largest absolute Gasteiger partial charge is 0.497 e. The summed E-state index contributed by atoms with van der Waals surface area (Å²) in [6.07, 6.45) is 1.40. The van der Waals surface area contributed by atoms with Crippen LogP contribution in [-0.4, -0.2) is 25.1 Å². The van der Waals surface area contributed by atoms with Crippen molar-refractivity contribution < 1.29 is 14.3 Å². The van der Waals surface area contributed by atoms with Gasteiger partial charge in [-0.3, -0.25) is 9.59 Å². The van der Waals surface area contributed by atoms with E-state index in [4.69, 9.17) is 27.9 Å². The SMILES string of the molecule is COc1ccc(C=NNC(=O)C(=O)Nc2cccc(Cl)c2Cl)cc1. The maximum atomic E-state index is 11.8. The normalized spacial score (nSPS) is 10.5. The van der Waals surface area contributed by atoms with Crippen LogP contribution in [0.5, 0.6) is 5.75 Å². The molecule has 124 valence electrons. The molecule has 24 heavy (non-hydrogen) atoms. The molecule has 0 aliphatic carbocycles. The molecule has 0 radical (unpaired) electrons. The maximum Gasteiger partial charge on any atom is 0.329 e. The molecule has 0 saturated heterocycles. The number of carbonyl (C=O) groups excluding carboxylic acids is 2. The van der Waals surface area contributed by atoms with E-state index in [0.29, 0.717) is 5.75 Å². The number of hydrogen-bond acceptors (Lipinski definition) is 4. The minimum absolute atomic E-state index is 0.155. The molecule has 0 aliphatic heterocycles. The average Bonchev–Trinajstić information content (AvgIpc) is 2.59. The molecule has 2 amide bonds. The van der Waals surface area contributed by atoms with Crippen molar-refractivity contribution in [2.24, 2.45) is 5.10 Å². The highest BCUT2D eigenvalue weighted by molar-refractivity contribution is 6.45. The minimum Gasteiger partial charge on any atom is -0.497 e. The molecule has 0 atom stereocenters. The fraction of sp³-hybridized carbons (Fsp3) is 0.0625. The summed E-state index contributed by atoms with van der Waals surface area (Å²) in [6.45, 7) is 0. The number of nitrogens with zero attached hydrogens (tertiary/aromatic N) is 1. The van der Waals surface area contributed by atoms with Crippen molar-refractivity contribution in [1.29, 1.82) is 0 Å². The summed E-state index contributed by atoms with van der Waals surface area (Å²) in [5.74, 6) is -1.14. The first kappa shape index (κ1) is 17.8. The van der Waals surface area contributed by atoms with E-state index in [-0.39, 0.29) is 15.7 Å². The quantitative estimate of drug-likeness (QED) is 0.496. The topological polar surface area (TPSA) is 79.8 Å². The number of anilines is 1. The molecule has 0 bridgehead atoms. The summed E-state index contributed by atoms with van der Waals surface area (Å²) in [7, 11) is 1.56. The van der Waals surface area contributed by atoms with Gasteiger partial charge in [-0.15, -0.1) is 0 Å². The second-order valence-corrected chi connectivity index (χ2v) is 5.31. The van der Waals surface area contributed by atoms with Gasteiger partial charge < -0.3 is 10.1 Å². The molecule has 0 fully saturated rings. The summed E-state index contributed by atoms with van der Waals surface area (Å²) in [6, 6.07) is 11.7. The number of carbonyl (C=O) groups is 2. The Morgan fingerprint density at radius 2 is 1.79 bits per heavy atom. The summed E-state index contributed by atoms with van der Waals surface area (Å²) >= 11 is 11.8. The molecular formula is C16H13Cl2N3O3. The monoisotopic (exact) mass is 365 g/mol. The van der Waals surface area contributed by atoms with Crippen molar-refractivity contribution in [3.63, 3.8) is 0 Å². The van der Waals surface area contributed by atoms with Crippen molar-refractivity contribution >= 4 is 46.9 Å². The summed E-state index contributed by atoms with van der Waals surface area (Å²) in [4.78, 5) is 23.5. The van der Waals surface area contributed by atoms with E-state index in [2.05, 4.69) is 15.8 Å². The standard InChI is InChI=1S/C16H13Cl2N3O3/c1-24-11-7-5-10(6-8-11)9-19-21-16(23)15(22)20-13-4-2-3-12(17)14(13)18/h2-9H,1H3,(H,20,22)(H,21,23). The van der Waals surface area contributed by atoms with E-state index in [1.807, 2.05) is 0 Å². The zero-order valence-corrected chi connectivity index (χ0v) is 14.1. The van der Waals surface area contributed by atoms with E-state index < -0.39 is 11.8 Å². The lowest BCUT2D eigenvalue weighted by Gasteiger charge is -2.06. The number of benzene rings is 2. The van der Waals surface area contributed by atoms with Gasteiger partial charge in [-0.2, -0.15) is 5.10 Å². The van der Waals surface area contributed by atoms with Gasteiger partial charge in [-0.05, 0) is 42.0 Å². The number of amides is 2. The Bertz CT molecular complexity index is 777. The number of methoxy groups -OCH3 is 1. The smallest absolute Gasteiger partial charge is 0.329 e. The Hall–Kier alpha value is -2.57. The van der Waals surface area contributed by atoms with Gasteiger partial charge in [0.15, 0.2) is 0 Å². The Morgan fingerprint density at radius 3 is 2.46 bits per heavy atom. The molecule has 2 aromatic rings. The molecule has 8 heteroatoms. The molecule has 0 unspecified atom stereocenters. The van der Waals surface area contributed by atoms with Crippen molar-refractivity contribution in [2.75, 3.05) is 12.4 Å². The predicted molar refractivity (Wildman–Crippen MR) is 93.8 cm³/mol. The fourth-order valence-corrected chi connectivity index (χ4v) is 2.03. The van der Waals surface area contributed by atoms with Gasteiger partial charge in [0.05, 0.1) is 29.1 Å². The fourth-order valence-electron chi connectivity index (χ4n) is 1.69. The molecule has 0 aliphatic rings. The van der Waals surface area contributed by atoms with Gasteiger partial charge in [0, 0.05) is 0 Å². The highest BCUT2D eigenvalue weighted by Gasteiger charge is 2.15. The first-order valence-corrected chi connectivity index (χ1v) is 7.49. The van der Waals surface area contributed by atoms with Gasteiger partial charge in [-0.1, -0.05) is 29.3 Å². The summed E-state index contributed by atoms with van der Waals surface area (Å²) < 4.78 is 5.03. The average molecular weight is 366 g/mol. The van der Waals surface area contributed by atoms with Crippen LogP contribution in [-0.2, 0) is 9.59 Å². The van der Waals surface area contributed by atoms with E-state index in [9.17, 15) is 9.59 Å². The second kappa shape index (κ2) is 8.33. The maximum absolute atomic E-state index is 11.8. The third kappa shape index (κ3) is 4.71. The number of nitrogens with one attached hydrogen (secondary N) is 2. The van der Waals surface area contributed by atoms with Crippen LogP contribution in [0, 0.1) is 0 Å². The number of rotatable bonds is 4. The molecule has 2 aromatic carbocycles. The van der Waals surface area contributed by atoms with Gasteiger partial charge in [0.25, 0.3) is 0 Å². The molecule has 0 spiro atoms. The highest BCUT2D eigenvalue weighted by atomic mass is 35.5. The lowest BCUT2D eigenvalue weighted by atomic mass is 10.2. The van der Waals surface area contributed by atoms with Crippen LogP contribution in [0.4, 0.5) is 5.69 Å². The van der Waals surface area contributed by atoms with E-state index in [1.54, 1.807) is 43.5 Å². The third-order valence-electron chi connectivity index (χ3n) is 2.90. The summed E-state index contributed by atoms with van der Waals surface area (Å²) in [5.41, 5.74) is 3.10. The predicted octanol–water partition coefficient (Wildman–Crippen LogP) is 3.09. The van der Waals surface area contributed by atoms with Crippen molar-refractivity contribution in [1.82, 2.24) is 5.43 Å². The minimum atomic E-state index is -0.934. The Balaban J connectivity index is 1.92. The van der Waals surface area contributed by atoms with Gasteiger partial charge in [0.1, 0.15) is 5.75 Å². The molecule has 2 N–H and O–H groups in total. The van der Waals surface area contributed by atoms with Gasteiger partial charge in [-0.25, -0.2) is 5.43 Å². The third-order valence-corrected chi connectivity index (χ3v) is 3.72. The first-order valence-electron chi connectivity index (χ1n) is 6.73. The van der Waals surface area contributed by atoms with Crippen LogP contribution in [0.3, 0.4) is 0 Å². The van der Waals surface area contributed by atoms with Crippen LogP contribution < -0.4 is 15.5 Å². The molecule has 0 aromatic heterocycles. The van der Waals surface area contributed by atoms with Crippen LogP contribution in [0.15, 0.2) is 47.6 Å². The van der Waals surface area contributed by atoms with Crippen molar-refractivity contribution in [3.05, 3.63) is 58.1 Å². The van der Waals surface area contributed by atoms with Gasteiger partial charge in [0.2, 0.25) is 0 Å². The van der Waals surface area contributed by atoms with Crippen LogP contribution in [0.25, 0.3) is 0 Å². The zero-order chi connectivity index (χ0) is 17.5. The number of hydrazone groups is 1. The molecule has 0 heterocycles. The lowest BCUT2D eigenvalue weighted by Crippen LogP contribution is -2.32. The van der Waals surface area contributed by atoms with Crippen LogP contribution in [0.2, 0.25) is 10.0 Å². The Labute approximate surface area is 148 Å². The number of halogens is 2. The molecule has 6 nitrogen and oxygen atoms in total. The van der Waals surface area contributed by atoms with E-state index in [0.717, 1.165) is 5.56 Å². The number of ether oxygens (including phenoxy) is 1. The second-order valence-electron chi connectivity index (χ2n) is 4.53. The Kier molecular flexibility index (Phi) is 6.17. The highest BCUT2D eigenvalue weighted by Crippen LogP contribution is 2.29. The first-order chi connectivity index (χ1) is 11.5. The lowest BCUT2D eigenvalue weighted by molar-refractivity contribution is -0.136. The molecular weight excluding hydrogens is 353 g/mol. The van der Waals surface area contributed by atoms with Crippen molar-refractivity contribution in [3.8, 4) is 5.75 Å². The molecule has 2 rings (SSSR count). The van der Waals surface area contributed by atoms with Gasteiger partial charge >= 0.3 is 11.8 Å². The van der Waals surface area contributed by atoms with Crippen LogP contribution >= 0.6 is 23.2 Å². The van der Waals surface area contributed by atoms with E-state index >= 15 is 0 Å². The summed E-state index contributed by atoms with van der Waals surface area (Å²) in [5, 5.41) is 6.50. The van der Waals surface area contributed by atoms with Crippen LogP contribution in [0.1, 0.15) is 5.56 Å². The zero-order valence-electron chi connectivity index (χ0n) is 12.5. The van der Waals surface area contributed by atoms with E-state index in [1.165, 1.54) is 12.3 Å².